The summed E-state index contributed by atoms with van der Waals surface area (Å²) in [5, 5.41) is 8.93. The van der Waals surface area contributed by atoms with Crippen LogP contribution >= 0.6 is 15.9 Å². The third kappa shape index (κ3) is 1.46. The summed E-state index contributed by atoms with van der Waals surface area (Å²) in [6, 6.07) is 1.58. The molecule has 0 spiro atoms. The van der Waals surface area contributed by atoms with Gasteiger partial charge in [-0.25, -0.2) is 4.98 Å². The molecular weight excluding hydrogens is 196 g/mol. The zero-order valence-corrected chi connectivity index (χ0v) is 6.80. The van der Waals surface area contributed by atoms with Crippen LogP contribution in [0.4, 0.5) is 0 Å². The van der Waals surface area contributed by atoms with Crippen LogP contribution in [0, 0.1) is 0 Å². The highest BCUT2D eigenvalue weighted by Crippen LogP contribution is 2.17. The van der Waals surface area contributed by atoms with Gasteiger partial charge in [-0.1, -0.05) is 0 Å². The van der Waals surface area contributed by atoms with Gasteiger partial charge in [0.2, 0.25) is 0 Å². The van der Waals surface area contributed by atoms with Crippen molar-refractivity contribution in [2.45, 2.75) is 6.54 Å². The normalized spacial score (nSPS) is 9.80. The molecule has 3 nitrogen and oxygen atoms in total. The van der Waals surface area contributed by atoms with Gasteiger partial charge in [-0.15, -0.1) is 0 Å². The number of pyridine rings is 1. The van der Waals surface area contributed by atoms with E-state index in [1.807, 2.05) is 0 Å². The Morgan fingerprint density at radius 3 is 2.90 bits per heavy atom. The largest absolute Gasteiger partial charge is 0.506 e. The SMILES string of the molecule is NCc1cc(O)cnc1Br. The molecule has 1 aromatic heterocycles. The van der Waals surface area contributed by atoms with Crippen LogP contribution in [-0.4, -0.2) is 10.1 Å². The minimum absolute atomic E-state index is 0.142. The van der Waals surface area contributed by atoms with Gasteiger partial charge in [-0.05, 0) is 22.0 Å². The van der Waals surface area contributed by atoms with Crippen molar-refractivity contribution in [2.24, 2.45) is 5.73 Å². The van der Waals surface area contributed by atoms with Gasteiger partial charge < -0.3 is 10.8 Å². The van der Waals surface area contributed by atoms with E-state index in [1.165, 1.54) is 6.20 Å². The summed E-state index contributed by atoms with van der Waals surface area (Å²) in [7, 11) is 0. The van der Waals surface area contributed by atoms with Crippen molar-refractivity contribution in [3.8, 4) is 5.75 Å². The van der Waals surface area contributed by atoms with Gasteiger partial charge in [0.15, 0.2) is 0 Å². The van der Waals surface area contributed by atoms with Crippen molar-refractivity contribution < 1.29 is 5.11 Å². The van der Waals surface area contributed by atoms with Crippen molar-refractivity contribution in [1.29, 1.82) is 0 Å². The fourth-order valence-electron chi connectivity index (χ4n) is 0.624. The summed E-state index contributed by atoms with van der Waals surface area (Å²) in [6.45, 7) is 0.377. The number of halogens is 1. The van der Waals surface area contributed by atoms with E-state index >= 15 is 0 Å². The number of rotatable bonds is 1. The second-order valence-corrected chi connectivity index (χ2v) is 2.60. The Kier molecular flexibility index (Phi) is 2.24. The van der Waals surface area contributed by atoms with E-state index in [1.54, 1.807) is 6.07 Å². The molecule has 54 valence electrons. The van der Waals surface area contributed by atoms with Crippen LogP contribution in [0.25, 0.3) is 0 Å². The summed E-state index contributed by atoms with van der Waals surface area (Å²) in [5.41, 5.74) is 6.14. The van der Waals surface area contributed by atoms with Crippen LogP contribution < -0.4 is 5.73 Å². The third-order valence-electron chi connectivity index (χ3n) is 1.12. The molecule has 0 fully saturated rings. The lowest BCUT2D eigenvalue weighted by molar-refractivity contribution is 0.471. The van der Waals surface area contributed by atoms with Gasteiger partial charge in [0, 0.05) is 12.1 Å². The predicted molar refractivity (Wildman–Crippen MR) is 41.5 cm³/mol. The molecule has 0 aromatic carbocycles. The summed E-state index contributed by atoms with van der Waals surface area (Å²) in [5.74, 6) is 0.142. The average molecular weight is 203 g/mol. The average Bonchev–Trinajstić information content (AvgIpc) is 1.94. The highest BCUT2D eigenvalue weighted by Gasteiger charge is 1.98. The predicted octanol–water partition coefficient (Wildman–Crippen LogP) is 1.01. The molecule has 0 saturated heterocycles. The van der Waals surface area contributed by atoms with Crippen molar-refractivity contribution in [3.05, 3.63) is 22.4 Å². The van der Waals surface area contributed by atoms with E-state index in [4.69, 9.17) is 10.8 Å². The summed E-state index contributed by atoms with van der Waals surface area (Å²) >= 11 is 3.19. The second kappa shape index (κ2) is 2.98. The lowest BCUT2D eigenvalue weighted by Gasteiger charge is -1.98. The summed E-state index contributed by atoms with van der Waals surface area (Å²) < 4.78 is 0.688. The number of aromatic nitrogens is 1. The number of hydrogen-bond acceptors (Lipinski definition) is 3. The number of hydrogen-bond donors (Lipinski definition) is 2. The van der Waals surface area contributed by atoms with Crippen LogP contribution in [0.5, 0.6) is 5.75 Å². The van der Waals surface area contributed by atoms with E-state index in [0.29, 0.717) is 11.1 Å². The maximum atomic E-state index is 8.93. The van der Waals surface area contributed by atoms with Gasteiger partial charge in [-0.2, -0.15) is 0 Å². The standard InChI is InChI=1S/C6H7BrN2O/c7-6-4(2-8)1-5(10)3-9-6/h1,3,10H,2,8H2. The van der Waals surface area contributed by atoms with E-state index in [2.05, 4.69) is 20.9 Å². The Morgan fingerprint density at radius 1 is 1.70 bits per heavy atom. The maximum Gasteiger partial charge on any atom is 0.134 e. The zero-order valence-electron chi connectivity index (χ0n) is 5.21. The zero-order chi connectivity index (χ0) is 7.56. The number of aromatic hydroxyl groups is 1. The summed E-state index contributed by atoms with van der Waals surface area (Å²) in [6.07, 6.45) is 1.36. The molecular formula is C6H7BrN2O. The van der Waals surface area contributed by atoms with Crippen LogP contribution in [0.1, 0.15) is 5.56 Å². The van der Waals surface area contributed by atoms with Crippen LogP contribution in [0.2, 0.25) is 0 Å². The molecule has 0 aliphatic heterocycles. The lowest BCUT2D eigenvalue weighted by Crippen LogP contribution is -1.97. The monoisotopic (exact) mass is 202 g/mol. The Hall–Kier alpha value is -0.610. The molecule has 1 heterocycles. The van der Waals surface area contributed by atoms with Crippen molar-refractivity contribution in [3.63, 3.8) is 0 Å². The molecule has 0 unspecified atom stereocenters. The molecule has 10 heavy (non-hydrogen) atoms. The second-order valence-electron chi connectivity index (χ2n) is 1.85. The smallest absolute Gasteiger partial charge is 0.134 e. The molecule has 0 aliphatic carbocycles. The lowest BCUT2D eigenvalue weighted by atomic mass is 10.3. The number of nitrogens with two attached hydrogens (primary N) is 1. The van der Waals surface area contributed by atoms with Crippen molar-refractivity contribution in [2.75, 3.05) is 0 Å². The first kappa shape index (κ1) is 7.50. The molecule has 0 radical (unpaired) electrons. The summed E-state index contributed by atoms with van der Waals surface area (Å²) in [4.78, 5) is 3.84. The van der Waals surface area contributed by atoms with Gasteiger partial charge >= 0.3 is 0 Å². The van der Waals surface area contributed by atoms with Gasteiger partial charge in [0.25, 0.3) is 0 Å². The molecule has 0 aliphatic rings. The quantitative estimate of drug-likeness (QED) is 0.669. The minimum Gasteiger partial charge on any atom is -0.506 e. The Bertz CT molecular complexity index is 239. The first-order chi connectivity index (χ1) is 4.74. The van der Waals surface area contributed by atoms with E-state index in [0.717, 1.165) is 5.56 Å². The first-order valence-electron chi connectivity index (χ1n) is 2.77. The van der Waals surface area contributed by atoms with E-state index in [9.17, 15) is 0 Å². The fourth-order valence-corrected chi connectivity index (χ4v) is 1.00. The minimum atomic E-state index is 0.142. The van der Waals surface area contributed by atoms with Gasteiger partial charge in [0.05, 0.1) is 6.20 Å². The number of nitrogens with zero attached hydrogens (tertiary/aromatic N) is 1. The Balaban J connectivity index is 3.09. The first-order valence-corrected chi connectivity index (χ1v) is 3.57. The van der Waals surface area contributed by atoms with Crippen LogP contribution in [0.3, 0.4) is 0 Å². The Labute approximate surface area is 67.0 Å². The highest BCUT2D eigenvalue weighted by atomic mass is 79.9. The molecule has 0 saturated carbocycles. The van der Waals surface area contributed by atoms with Crippen LogP contribution in [-0.2, 0) is 6.54 Å². The van der Waals surface area contributed by atoms with E-state index in [-0.39, 0.29) is 5.75 Å². The van der Waals surface area contributed by atoms with Crippen molar-refractivity contribution >= 4 is 15.9 Å². The van der Waals surface area contributed by atoms with Gasteiger partial charge in [0.1, 0.15) is 10.4 Å². The van der Waals surface area contributed by atoms with Crippen molar-refractivity contribution in [1.82, 2.24) is 4.98 Å². The molecule has 1 aromatic rings. The molecule has 0 amide bonds. The Morgan fingerprint density at radius 2 is 2.40 bits per heavy atom. The fraction of sp³-hybridized carbons (Fsp3) is 0.167. The molecule has 3 N–H and O–H groups in total. The van der Waals surface area contributed by atoms with E-state index < -0.39 is 0 Å². The highest BCUT2D eigenvalue weighted by molar-refractivity contribution is 9.10. The maximum absolute atomic E-state index is 8.93. The molecule has 0 atom stereocenters. The third-order valence-corrected chi connectivity index (χ3v) is 1.83. The topological polar surface area (TPSA) is 59.1 Å². The van der Waals surface area contributed by atoms with Crippen LogP contribution in [0.15, 0.2) is 16.9 Å². The molecule has 1 rings (SSSR count). The van der Waals surface area contributed by atoms with Gasteiger partial charge in [-0.3, -0.25) is 0 Å². The molecule has 0 bridgehead atoms. The molecule has 4 heteroatoms.